The van der Waals surface area contributed by atoms with E-state index in [9.17, 15) is 4.79 Å². The Hall–Kier alpha value is -3.03. The summed E-state index contributed by atoms with van der Waals surface area (Å²) in [5.41, 5.74) is 5.62. The van der Waals surface area contributed by atoms with Crippen LogP contribution in [-0.4, -0.2) is 43.6 Å². The summed E-state index contributed by atoms with van der Waals surface area (Å²) >= 11 is 0. The quantitative estimate of drug-likeness (QED) is 0.609. The number of benzene rings is 1. The fourth-order valence-corrected chi connectivity index (χ4v) is 3.11. The molecule has 2 N–H and O–H groups in total. The van der Waals surface area contributed by atoms with Crippen molar-refractivity contribution in [3.8, 4) is 17.2 Å². The molecule has 1 aromatic heterocycles. The van der Waals surface area contributed by atoms with E-state index in [4.69, 9.17) is 14.2 Å². The number of fused-ring (bicyclic) bond motifs is 1. The first-order chi connectivity index (χ1) is 12.7. The van der Waals surface area contributed by atoms with Crippen molar-refractivity contribution >= 4 is 12.1 Å². The van der Waals surface area contributed by atoms with Gasteiger partial charge in [-0.05, 0) is 37.8 Å². The van der Waals surface area contributed by atoms with Gasteiger partial charge in [0.15, 0.2) is 17.2 Å². The second-order valence-electron chi connectivity index (χ2n) is 5.86. The molecule has 1 amide bonds. The smallest absolute Gasteiger partial charge is 0.292 e. The first-order valence-corrected chi connectivity index (χ1v) is 8.38. The number of hydrazone groups is 1. The molecule has 0 saturated carbocycles. The fourth-order valence-electron chi connectivity index (χ4n) is 3.11. The van der Waals surface area contributed by atoms with Gasteiger partial charge in [-0.15, -0.1) is 0 Å². The van der Waals surface area contributed by atoms with E-state index in [2.05, 4.69) is 20.7 Å². The summed E-state index contributed by atoms with van der Waals surface area (Å²) in [5.74, 6) is 1.16. The molecule has 0 unspecified atom stereocenters. The minimum atomic E-state index is -0.333. The third-order valence-electron chi connectivity index (χ3n) is 4.38. The van der Waals surface area contributed by atoms with E-state index in [1.54, 1.807) is 19.2 Å². The van der Waals surface area contributed by atoms with Crippen LogP contribution in [0.25, 0.3) is 0 Å². The first-order valence-electron chi connectivity index (χ1n) is 8.38. The van der Waals surface area contributed by atoms with E-state index in [0.717, 1.165) is 36.9 Å². The van der Waals surface area contributed by atoms with E-state index in [0.29, 0.717) is 28.5 Å². The van der Waals surface area contributed by atoms with Gasteiger partial charge in [0, 0.05) is 16.8 Å². The molecule has 8 heteroatoms. The Morgan fingerprint density at radius 3 is 2.65 bits per heavy atom. The van der Waals surface area contributed by atoms with Gasteiger partial charge in [-0.25, -0.2) is 5.43 Å². The van der Waals surface area contributed by atoms with Crippen molar-refractivity contribution in [1.82, 2.24) is 15.6 Å². The van der Waals surface area contributed by atoms with Gasteiger partial charge in [0.2, 0.25) is 5.75 Å². The average Bonchev–Trinajstić information content (AvgIpc) is 3.11. The molecule has 1 aromatic carbocycles. The molecular weight excluding hydrogens is 336 g/mol. The lowest BCUT2D eigenvalue weighted by molar-refractivity contribution is 0.0949. The number of aromatic nitrogens is 2. The molecular formula is C18H22N4O4. The molecule has 0 spiro atoms. The molecule has 0 fully saturated rings. The van der Waals surface area contributed by atoms with Crippen LogP contribution in [0.3, 0.4) is 0 Å². The van der Waals surface area contributed by atoms with Crippen LogP contribution in [0.4, 0.5) is 0 Å². The zero-order chi connectivity index (χ0) is 18.5. The molecule has 0 bridgehead atoms. The van der Waals surface area contributed by atoms with Gasteiger partial charge in [0.05, 0.1) is 27.5 Å². The summed E-state index contributed by atoms with van der Waals surface area (Å²) in [5, 5.41) is 11.1. The van der Waals surface area contributed by atoms with Crippen molar-refractivity contribution in [2.24, 2.45) is 5.10 Å². The van der Waals surface area contributed by atoms with Gasteiger partial charge in [0.1, 0.15) is 0 Å². The number of hydrogen-bond acceptors (Lipinski definition) is 6. The van der Waals surface area contributed by atoms with Gasteiger partial charge in [-0.1, -0.05) is 0 Å². The first kappa shape index (κ1) is 17.8. The number of nitrogens with zero attached hydrogens (tertiary/aromatic N) is 2. The third kappa shape index (κ3) is 3.35. The van der Waals surface area contributed by atoms with Gasteiger partial charge in [-0.3, -0.25) is 9.89 Å². The molecule has 1 aliphatic carbocycles. The Balaban J connectivity index is 1.76. The maximum Gasteiger partial charge on any atom is 0.292 e. The van der Waals surface area contributed by atoms with Crippen LogP contribution in [0.15, 0.2) is 17.2 Å². The molecule has 0 saturated heterocycles. The summed E-state index contributed by atoms with van der Waals surface area (Å²) in [7, 11) is 4.61. The molecule has 0 atom stereocenters. The highest BCUT2D eigenvalue weighted by Crippen LogP contribution is 2.38. The molecule has 1 aliphatic rings. The number of carbonyl (C=O) groups is 1. The van der Waals surface area contributed by atoms with Crippen molar-refractivity contribution < 1.29 is 19.0 Å². The predicted molar refractivity (Wildman–Crippen MR) is 96.4 cm³/mol. The number of nitrogens with one attached hydrogen (secondary N) is 2. The molecule has 3 rings (SSSR count). The SMILES string of the molecule is COc1ccc(/C=N/NC(=O)c2n[nH]c3c2CCCC3)c(OC)c1OC. The van der Waals surface area contributed by atoms with Crippen molar-refractivity contribution in [3.63, 3.8) is 0 Å². The Bertz CT molecular complexity index is 829. The summed E-state index contributed by atoms with van der Waals surface area (Å²) < 4.78 is 16.0. The number of methoxy groups -OCH3 is 3. The van der Waals surface area contributed by atoms with Crippen LogP contribution in [-0.2, 0) is 12.8 Å². The topological polar surface area (TPSA) is 97.8 Å². The van der Waals surface area contributed by atoms with E-state index in [1.807, 2.05) is 0 Å². The molecule has 138 valence electrons. The lowest BCUT2D eigenvalue weighted by Crippen LogP contribution is -2.20. The largest absolute Gasteiger partial charge is 0.493 e. The van der Waals surface area contributed by atoms with Crippen LogP contribution < -0.4 is 19.6 Å². The number of carbonyl (C=O) groups excluding carboxylic acids is 1. The van der Waals surface area contributed by atoms with Gasteiger partial charge < -0.3 is 14.2 Å². The highest BCUT2D eigenvalue weighted by atomic mass is 16.5. The van der Waals surface area contributed by atoms with Crippen LogP contribution in [0.2, 0.25) is 0 Å². The van der Waals surface area contributed by atoms with Crippen molar-refractivity contribution in [2.75, 3.05) is 21.3 Å². The van der Waals surface area contributed by atoms with E-state index in [-0.39, 0.29) is 5.91 Å². The van der Waals surface area contributed by atoms with Crippen LogP contribution >= 0.6 is 0 Å². The molecule has 1 heterocycles. The molecule has 2 aromatic rings. The average molecular weight is 358 g/mol. The second kappa shape index (κ2) is 7.90. The van der Waals surface area contributed by atoms with Crippen molar-refractivity contribution in [3.05, 3.63) is 34.6 Å². The maximum absolute atomic E-state index is 12.4. The number of amides is 1. The second-order valence-corrected chi connectivity index (χ2v) is 5.86. The van der Waals surface area contributed by atoms with Crippen LogP contribution in [0, 0.1) is 0 Å². The number of rotatable bonds is 6. The van der Waals surface area contributed by atoms with E-state index in [1.165, 1.54) is 20.4 Å². The van der Waals surface area contributed by atoms with Gasteiger partial charge in [-0.2, -0.15) is 10.2 Å². The summed E-state index contributed by atoms with van der Waals surface area (Å²) in [6.07, 6.45) is 5.48. The predicted octanol–water partition coefficient (Wildman–Crippen LogP) is 2.08. The number of aryl methyl sites for hydroxylation is 1. The Kier molecular flexibility index (Phi) is 5.40. The van der Waals surface area contributed by atoms with E-state index >= 15 is 0 Å². The maximum atomic E-state index is 12.4. The standard InChI is InChI=1S/C18H22N4O4/c1-24-14-9-8-11(16(25-2)17(14)26-3)10-19-22-18(23)15-12-6-4-5-7-13(12)20-21-15/h8-10H,4-7H2,1-3H3,(H,20,21)(H,22,23)/b19-10+. The lowest BCUT2D eigenvalue weighted by Gasteiger charge is -2.13. The zero-order valence-electron chi connectivity index (χ0n) is 15.1. The summed E-state index contributed by atoms with van der Waals surface area (Å²) in [4.78, 5) is 12.4. The minimum absolute atomic E-state index is 0.333. The Labute approximate surface area is 151 Å². The van der Waals surface area contributed by atoms with Crippen molar-refractivity contribution in [1.29, 1.82) is 0 Å². The molecule has 8 nitrogen and oxygen atoms in total. The minimum Gasteiger partial charge on any atom is -0.493 e. The Morgan fingerprint density at radius 2 is 1.92 bits per heavy atom. The number of ether oxygens (including phenoxy) is 3. The fraction of sp³-hybridized carbons (Fsp3) is 0.389. The van der Waals surface area contributed by atoms with E-state index < -0.39 is 0 Å². The highest BCUT2D eigenvalue weighted by molar-refractivity contribution is 5.95. The molecule has 26 heavy (non-hydrogen) atoms. The highest BCUT2D eigenvalue weighted by Gasteiger charge is 2.21. The third-order valence-corrected chi connectivity index (χ3v) is 4.38. The van der Waals surface area contributed by atoms with Crippen molar-refractivity contribution in [2.45, 2.75) is 25.7 Å². The number of hydrogen-bond donors (Lipinski definition) is 2. The Morgan fingerprint density at radius 1 is 1.15 bits per heavy atom. The number of aromatic amines is 1. The molecule has 0 radical (unpaired) electrons. The van der Waals surface area contributed by atoms with Gasteiger partial charge >= 0.3 is 0 Å². The summed E-state index contributed by atoms with van der Waals surface area (Å²) in [6.45, 7) is 0. The van der Waals surface area contributed by atoms with Crippen LogP contribution in [0.5, 0.6) is 17.2 Å². The van der Waals surface area contributed by atoms with Gasteiger partial charge in [0.25, 0.3) is 5.91 Å². The monoisotopic (exact) mass is 358 g/mol. The normalized spacial score (nSPS) is 13.3. The number of H-pyrrole nitrogens is 1. The lowest BCUT2D eigenvalue weighted by atomic mass is 9.96. The summed E-state index contributed by atoms with van der Waals surface area (Å²) in [6, 6.07) is 3.51. The molecule has 0 aliphatic heterocycles. The van der Waals surface area contributed by atoms with Crippen LogP contribution in [0.1, 0.15) is 40.2 Å². The zero-order valence-corrected chi connectivity index (χ0v) is 15.1.